The van der Waals surface area contributed by atoms with E-state index in [9.17, 15) is 14.7 Å². The normalized spacial score (nSPS) is 19.1. The Morgan fingerprint density at radius 2 is 1.62 bits per heavy atom. The largest absolute Gasteiger partial charge is 0.507 e. The molecule has 5 rings (SSSR count). The highest BCUT2D eigenvalue weighted by Gasteiger charge is 2.48. The van der Waals surface area contributed by atoms with Gasteiger partial charge in [-0.15, -0.1) is 0 Å². The highest BCUT2D eigenvalue weighted by atomic mass is 16.5. The SMILES string of the molecule is CCCCCOc1ccc(/C(O)=C2/C(=O)C(=O)N(c3ccc(N4CCCCC4)cc3)C2c2ccc(C)o2)cc1. The molecule has 1 N–H and O–H groups in total. The molecule has 1 aromatic heterocycles. The number of aryl methyl sites for hydroxylation is 1. The van der Waals surface area contributed by atoms with E-state index in [0.717, 1.165) is 38.0 Å². The lowest BCUT2D eigenvalue weighted by atomic mass is 9.99. The molecule has 3 aromatic rings. The molecular formula is C32H36N2O5. The first-order chi connectivity index (χ1) is 19.0. The summed E-state index contributed by atoms with van der Waals surface area (Å²) in [5, 5.41) is 11.4. The van der Waals surface area contributed by atoms with Gasteiger partial charge >= 0.3 is 0 Å². The zero-order chi connectivity index (χ0) is 27.4. The van der Waals surface area contributed by atoms with Crippen LogP contribution in [-0.2, 0) is 9.59 Å². The van der Waals surface area contributed by atoms with Gasteiger partial charge in [-0.05, 0) is 93.3 Å². The van der Waals surface area contributed by atoms with Gasteiger partial charge in [0.05, 0.1) is 12.2 Å². The maximum Gasteiger partial charge on any atom is 0.300 e. The quantitative estimate of drug-likeness (QED) is 0.143. The van der Waals surface area contributed by atoms with Crippen LogP contribution in [0.25, 0.3) is 5.76 Å². The molecular weight excluding hydrogens is 492 g/mol. The molecule has 0 bridgehead atoms. The number of Topliss-reactive ketones (excluding diaryl/α,β-unsaturated/α-hetero) is 1. The minimum absolute atomic E-state index is 0.00562. The molecule has 39 heavy (non-hydrogen) atoms. The van der Waals surface area contributed by atoms with Crippen molar-refractivity contribution in [1.82, 2.24) is 0 Å². The van der Waals surface area contributed by atoms with Gasteiger partial charge in [0.1, 0.15) is 29.1 Å². The molecule has 2 saturated heterocycles. The van der Waals surface area contributed by atoms with Crippen LogP contribution in [0.5, 0.6) is 5.75 Å². The molecule has 2 aliphatic rings. The van der Waals surface area contributed by atoms with Crippen molar-refractivity contribution >= 4 is 28.8 Å². The van der Waals surface area contributed by atoms with E-state index in [-0.39, 0.29) is 11.3 Å². The molecule has 2 aromatic carbocycles. The van der Waals surface area contributed by atoms with Gasteiger partial charge in [-0.2, -0.15) is 0 Å². The van der Waals surface area contributed by atoms with Crippen LogP contribution in [0.1, 0.15) is 68.6 Å². The van der Waals surface area contributed by atoms with Gasteiger partial charge in [-0.1, -0.05) is 19.8 Å². The lowest BCUT2D eigenvalue weighted by Crippen LogP contribution is -2.30. The fourth-order valence-electron chi connectivity index (χ4n) is 5.35. The zero-order valence-electron chi connectivity index (χ0n) is 22.7. The summed E-state index contributed by atoms with van der Waals surface area (Å²) in [6.45, 7) is 6.60. The highest BCUT2D eigenvalue weighted by Crippen LogP contribution is 2.43. The second-order valence-electron chi connectivity index (χ2n) is 10.3. The number of aliphatic hydroxyl groups is 1. The maximum atomic E-state index is 13.4. The maximum absolute atomic E-state index is 13.4. The third-order valence-electron chi connectivity index (χ3n) is 7.47. The molecule has 0 aliphatic carbocycles. The number of carbonyl (C=O) groups is 2. The molecule has 7 nitrogen and oxygen atoms in total. The number of hydrogen-bond acceptors (Lipinski definition) is 6. The average Bonchev–Trinajstić information content (AvgIpc) is 3.51. The summed E-state index contributed by atoms with van der Waals surface area (Å²) in [7, 11) is 0. The zero-order valence-corrected chi connectivity index (χ0v) is 22.7. The minimum Gasteiger partial charge on any atom is -0.507 e. The third-order valence-corrected chi connectivity index (χ3v) is 7.47. The molecule has 1 atom stereocenters. The molecule has 2 fully saturated rings. The number of benzene rings is 2. The van der Waals surface area contributed by atoms with Crippen LogP contribution in [0.2, 0.25) is 0 Å². The highest BCUT2D eigenvalue weighted by molar-refractivity contribution is 6.51. The Bertz CT molecular complexity index is 1330. The lowest BCUT2D eigenvalue weighted by Gasteiger charge is -2.29. The number of ether oxygens (including phenoxy) is 1. The van der Waals surface area contributed by atoms with Crippen molar-refractivity contribution < 1.29 is 23.8 Å². The first-order valence-electron chi connectivity index (χ1n) is 13.9. The fourth-order valence-corrected chi connectivity index (χ4v) is 5.35. The van der Waals surface area contributed by atoms with E-state index in [4.69, 9.17) is 9.15 Å². The summed E-state index contributed by atoms with van der Waals surface area (Å²) in [5.41, 5.74) is 2.11. The number of ketones is 1. The first kappa shape index (κ1) is 26.6. The van der Waals surface area contributed by atoms with Gasteiger partial charge in [0, 0.05) is 30.0 Å². The Morgan fingerprint density at radius 1 is 0.923 bits per heavy atom. The minimum atomic E-state index is -0.885. The Hall–Kier alpha value is -4.00. The van der Waals surface area contributed by atoms with Crippen LogP contribution in [0, 0.1) is 6.92 Å². The van der Waals surface area contributed by atoms with Gasteiger partial charge in [0.15, 0.2) is 0 Å². The van der Waals surface area contributed by atoms with Gasteiger partial charge in [0.2, 0.25) is 0 Å². The monoisotopic (exact) mass is 528 g/mol. The number of piperidine rings is 1. The first-order valence-corrected chi connectivity index (χ1v) is 13.9. The number of amides is 1. The van der Waals surface area contributed by atoms with Crippen molar-refractivity contribution in [2.45, 2.75) is 58.4 Å². The average molecular weight is 529 g/mol. The van der Waals surface area contributed by atoms with Gasteiger partial charge in [0.25, 0.3) is 11.7 Å². The van der Waals surface area contributed by atoms with Crippen molar-refractivity contribution in [2.75, 3.05) is 29.5 Å². The summed E-state index contributed by atoms with van der Waals surface area (Å²) >= 11 is 0. The summed E-state index contributed by atoms with van der Waals surface area (Å²) in [5.74, 6) is 0.0843. The molecule has 2 aliphatic heterocycles. The number of hydrogen-bond donors (Lipinski definition) is 1. The van der Waals surface area contributed by atoms with Gasteiger partial charge in [-0.3, -0.25) is 14.5 Å². The molecule has 3 heterocycles. The van der Waals surface area contributed by atoms with E-state index < -0.39 is 17.7 Å². The Labute approximate surface area is 229 Å². The number of furan rings is 1. The summed E-state index contributed by atoms with van der Waals surface area (Å²) in [4.78, 5) is 30.6. The van der Waals surface area contributed by atoms with E-state index >= 15 is 0 Å². The third kappa shape index (κ3) is 5.58. The summed E-state index contributed by atoms with van der Waals surface area (Å²) in [6, 6.07) is 17.3. The summed E-state index contributed by atoms with van der Waals surface area (Å²) < 4.78 is 11.7. The van der Waals surface area contributed by atoms with Crippen molar-refractivity contribution in [3.05, 3.63) is 83.3 Å². The Kier molecular flexibility index (Phi) is 8.05. The van der Waals surface area contributed by atoms with E-state index in [0.29, 0.717) is 35.1 Å². The predicted octanol–water partition coefficient (Wildman–Crippen LogP) is 6.77. The molecule has 7 heteroatoms. The van der Waals surface area contributed by atoms with E-state index in [1.807, 2.05) is 31.2 Å². The predicted molar refractivity (Wildman–Crippen MR) is 152 cm³/mol. The second-order valence-corrected chi connectivity index (χ2v) is 10.3. The van der Waals surface area contributed by atoms with Crippen LogP contribution >= 0.6 is 0 Å². The number of unbranched alkanes of at least 4 members (excludes halogenated alkanes) is 2. The van der Waals surface area contributed by atoms with Gasteiger partial charge in [-0.25, -0.2) is 0 Å². The van der Waals surface area contributed by atoms with E-state index in [2.05, 4.69) is 11.8 Å². The smallest absolute Gasteiger partial charge is 0.300 e. The second kappa shape index (κ2) is 11.8. The van der Waals surface area contributed by atoms with Crippen molar-refractivity contribution in [3.63, 3.8) is 0 Å². The number of rotatable bonds is 9. The molecule has 1 amide bonds. The molecule has 0 spiro atoms. The van der Waals surface area contributed by atoms with Crippen LogP contribution in [-0.4, -0.2) is 36.5 Å². The molecule has 0 saturated carbocycles. The van der Waals surface area contributed by atoms with E-state index in [1.165, 1.54) is 24.2 Å². The molecule has 1 unspecified atom stereocenters. The lowest BCUT2D eigenvalue weighted by molar-refractivity contribution is -0.132. The van der Waals surface area contributed by atoms with Crippen LogP contribution in [0.4, 0.5) is 11.4 Å². The van der Waals surface area contributed by atoms with Crippen LogP contribution in [0.15, 0.2) is 70.7 Å². The van der Waals surface area contributed by atoms with Crippen LogP contribution < -0.4 is 14.5 Å². The van der Waals surface area contributed by atoms with Crippen LogP contribution in [0.3, 0.4) is 0 Å². The van der Waals surface area contributed by atoms with E-state index in [1.54, 1.807) is 36.4 Å². The molecule has 0 radical (unpaired) electrons. The van der Waals surface area contributed by atoms with Crippen molar-refractivity contribution in [3.8, 4) is 5.75 Å². The standard InChI is InChI=1S/C32H36N2O5/c1-3-4-8-21-38-26-16-10-23(11-17-26)30(35)28-29(27-18-9-22(2)39-27)34(32(37)31(28)36)25-14-12-24(13-15-25)33-19-6-5-7-20-33/h9-18,29,35H,3-8,19-21H2,1-2H3/b30-28-. The number of carbonyl (C=O) groups excluding carboxylic acids is 2. The van der Waals surface area contributed by atoms with Gasteiger partial charge < -0.3 is 19.2 Å². The summed E-state index contributed by atoms with van der Waals surface area (Å²) in [6.07, 6.45) is 6.78. The van der Waals surface area contributed by atoms with Crippen molar-refractivity contribution in [2.24, 2.45) is 0 Å². The fraction of sp³-hybridized carbons (Fsp3) is 0.375. The Balaban J connectivity index is 1.48. The Morgan fingerprint density at radius 3 is 2.26 bits per heavy atom. The molecule has 204 valence electrons. The number of anilines is 2. The topological polar surface area (TPSA) is 83.2 Å². The van der Waals surface area contributed by atoms with Crippen molar-refractivity contribution in [1.29, 1.82) is 0 Å². The number of nitrogens with zero attached hydrogens (tertiary/aromatic N) is 2. The number of aliphatic hydroxyl groups excluding tert-OH is 1.